The number of hydrogen-bond acceptors (Lipinski definition) is 5. The number of nitrogens with one attached hydrogen (secondary N) is 3. The highest BCUT2D eigenvalue weighted by Crippen LogP contribution is 2.11. The third kappa shape index (κ3) is 3.61. The Hall–Kier alpha value is -4.27. The Labute approximate surface area is 163 Å². The van der Waals surface area contributed by atoms with Gasteiger partial charge in [-0.3, -0.25) is 34.8 Å². The van der Waals surface area contributed by atoms with Crippen molar-refractivity contribution in [2.24, 2.45) is 0 Å². The van der Waals surface area contributed by atoms with Gasteiger partial charge >= 0.3 is 5.69 Å². The smallest absolute Gasteiger partial charge is 0.284 e. The molecular formula is C20H15N5O4. The topological polar surface area (TPSA) is 126 Å². The minimum atomic E-state index is -0.716. The zero-order chi connectivity index (χ0) is 20.4. The predicted octanol–water partition coefficient (Wildman–Crippen LogP) is 0.699. The summed E-state index contributed by atoms with van der Waals surface area (Å²) in [5.41, 5.74) is 4.39. The fourth-order valence-electron chi connectivity index (χ4n) is 2.97. The standard InChI is InChI=1S/C20H15N5O4/c26-17(11-25-16-8-4-2-6-13(16)18(27)22-20(25)29)23-24-19(28)15-10-9-12-5-1-3-7-14(12)21-15/h1-10H,11H2,(H,23,26)(H,24,28)(H,22,27,29). The van der Waals surface area contributed by atoms with E-state index in [1.165, 1.54) is 0 Å². The van der Waals surface area contributed by atoms with Crippen molar-refractivity contribution in [3.05, 3.63) is 87.2 Å². The Balaban J connectivity index is 1.49. The monoisotopic (exact) mass is 389 g/mol. The number of aromatic nitrogens is 3. The first-order chi connectivity index (χ1) is 14.0. The molecule has 0 fully saturated rings. The number of para-hydroxylation sites is 2. The van der Waals surface area contributed by atoms with Crippen LogP contribution in [0.2, 0.25) is 0 Å². The van der Waals surface area contributed by atoms with Gasteiger partial charge < -0.3 is 0 Å². The van der Waals surface area contributed by atoms with Crippen LogP contribution in [0.3, 0.4) is 0 Å². The second-order valence-corrected chi connectivity index (χ2v) is 6.25. The number of hydrogen-bond donors (Lipinski definition) is 3. The van der Waals surface area contributed by atoms with E-state index in [0.29, 0.717) is 11.0 Å². The minimum Gasteiger partial charge on any atom is -0.284 e. The van der Waals surface area contributed by atoms with Gasteiger partial charge in [-0.2, -0.15) is 0 Å². The van der Waals surface area contributed by atoms with Crippen LogP contribution in [0, 0.1) is 0 Å². The molecule has 29 heavy (non-hydrogen) atoms. The highest BCUT2D eigenvalue weighted by molar-refractivity contribution is 5.96. The van der Waals surface area contributed by atoms with Crippen LogP contribution in [0.15, 0.2) is 70.3 Å². The van der Waals surface area contributed by atoms with Crippen LogP contribution in [0.5, 0.6) is 0 Å². The lowest BCUT2D eigenvalue weighted by Gasteiger charge is -2.11. The van der Waals surface area contributed by atoms with E-state index in [1.54, 1.807) is 42.5 Å². The predicted molar refractivity (Wildman–Crippen MR) is 106 cm³/mol. The van der Waals surface area contributed by atoms with Gasteiger partial charge in [-0.1, -0.05) is 36.4 Å². The molecule has 4 aromatic rings. The average molecular weight is 389 g/mol. The first kappa shape index (κ1) is 18.1. The van der Waals surface area contributed by atoms with Crippen LogP contribution in [0.4, 0.5) is 0 Å². The molecule has 0 aliphatic carbocycles. The van der Waals surface area contributed by atoms with E-state index >= 15 is 0 Å². The van der Waals surface area contributed by atoms with Gasteiger partial charge in [0.15, 0.2) is 0 Å². The zero-order valence-corrected chi connectivity index (χ0v) is 15.0. The molecule has 2 amide bonds. The molecule has 2 aromatic heterocycles. The van der Waals surface area contributed by atoms with Crippen LogP contribution in [0.25, 0.3) is 21.8 Å². The van der Waals surface area contributed by atoms with Gasteiger partial charge in [0, 0.05) is 5.39 Å². The van der Waals surface area contributed by atoms with E-state index in [0.717, 1.165) is 9.95 Å². The van der Waals surface area contributed by atoms with E-state index < -0.39 is 23.1 Å². The van der Waals surface area contributed by atoms with Gasteiger partial charge in [0.05, 0.1) is 16.4 Å². The molecule has 0 radical (unpaired) electrons. The third-order valence-corrected chi connectivity index (χ3v) is 4.35. The Morgan fingerprint density at radius 2 is 1.69 bits per heavy atom. The van der Waals surface area contributed by atoms with Crippen molar-refractivity contribution in [1.82, 2.24) is 25.4 Å². The van der Waals surface area contributed by atoms with Crippen molar-refractivity contribution in [1.29, 1.82) is 0 Å². The second-order valence-electron chi connectivity index (χ2n) is 6.25. The lowest BCUT2D eigenvalue weighted by molar-refractivity contribution is -0.122. The molecule has 9 heteroatoms. The summed E-state index contributed by atoms with van der Waals surface area (Å²) >= 11 is 0. The average Bonchev–Trinajstić information content (AvgIpc) is 2.74. The highest BCUT2D eigenvalue weighted by Gasteiger charge is 2.13. The SMILES string of the molecule is O=C(Cn1c(=O)[nH]c(=O)c2ccccc21)NNC(=O)c1ccc2ccccc2n1. The number of rotatable bonds is 3. The first-order valence-electron chi connectivity index (χ1n) is 8.70. The summed E-state index contributed by atoms with van der Waals surface area (Å²) in [5.74, 6) is -1.23. The molecule has 3 N–H and O–H groups in total. The van der Waals surface area contributed by atoms with Crippen molar-refractivity contribution >= 4 is 33.6 Å². The third-order valence-electron chi connectivity index (χ3n) is 4.35. The molecule has 2 aromatic carbocycles. The number of benzene rings is 2. The molecule has 144 valence electrons. The van der Waals surface area contributed by atoms with E-state index in [2.05, 4.69) is 20.8 Å². The fraction of sp³-hybridized carbons (Fsp3) is 0.0500. The Morgan fingerprint density at radius 1 is 0.931 bits per heavy atom. The lowest BCUT2D eigenvalue weighted by Crippen LogP contribution is -2.45. The van der Waals surface area contributed by atoms with Crippen LogP contribution >= 0.6 is 0 Å². The van der Waals surface area contributed by atoms with Gasteiger partial charge in [-0.05, 0) is 24.3 Å². The molecule has 0 bridgehead atoms. The maximum Gasteiger partial charge on any atom is 0.329 e. The maximum absolute atomic E-state index is 12.3. The molecule has 0 spiro atoms. The number of aromatic amines is 1. The quantitative estimate of drug-likeness (QED) is 0.445. The van der Waals surface area contributed by atoms with Crippen LogP contribution < -0.4 is 22.1 Å². The Bertz CT molecular complexity index is 1370. The number of hydrazine groups is 1. The normalized spacial score (nSPS) is 10.8. The van der Waals surface area contributed by atoms with E-state index in [9.17, 15) is 19.2 Å². The molecule has 2 heterocycles. The summed E-state index contributed by atoms with van der Waals surface area (Å²) in [6.07, 6.45) is 0. The number of pyridine rings is 1. The molecule has 0 saturated carbocycles. The van der Waals surface area contributed by atoms with Crippen molar-refractivity contribution < 1.29 is 9.59 Å². The molecule has 0 aliphatic heterocycles. The van der Waals surface area contributed by atoms with E-state index in [-0.39, 0.29) is 17.6 Å². The second kappa shape index (κ2) is 7.39. The number of nitrogens with zero attached hydrogens (tertiary/aromatic N) is 2. The molecule has 0 atom stereocenters. The Morgan fingerprint density at radius 3 is 2.55 bits per heavy atom. The van der Waals surface area contributed by atoms with Gasteiger partial charge in [-0.15, -0.1) is 0 Å². The molecular weight excluding hydrogens is 374 g/mol. The van der Waals surface area contributed by atoms with Gasteiger partial charge in [0.25, 0.3) is 17.4 Å². The molecule has 0 saturated heterocycles. The largest absolute Gasteiger partial charge is 0.329 e. The van der Waals surface area contributed by atoms with Crippen LogP contribution in [-0.2, 0) is 11.3 Å². The molecule has 0 aliphatic rings. The Kier molecular flexibility index (Phi) is 4.62. The fourth-order valence-corrected chi connectivity index (χ4v) is 2.97. The molecule has 0 unspecified atom stereocenters. The molecule has 4 rings (SSSR count). The zero-order valence-electron chi connectivity index (χ0n) is 15.0. The summed E-state index contributed by atoms with van der Waals surface area (Å²) in [6, 6.07) is 17.1. The number of H-pyrrole nitrogens is 1. The van der Waals surface area contributed by atoms with Crippen LogP contribution in [-0.4, -0.2) is 26.3 Å². The minimum absolute atomic E-state index is 0.135. The first-order valence-corrected chi connectivity index (χ1v) is 8.70. The van der Waals surface area contributed by atoms with E-state index in [1.807, 2.05) is 18.2 Å². The summed E-state index contributed by atoms with van der Waals surface area (Å²) in [5, 5.41) is 1.17. The van der Waals surface area contributed by atoms with Crippen molar-refractivity contribution in [3.8, 4) is 0 Å². The number of carbonyl (C=O) groups excluding carboxylic acids is 2. The lowest BCUT2D eigenvalue weighted by atomic mass is 10.2. The van der Waals surface area contributed by atoms with Crippen LogP contribution in [0.1, 0.15) is 10.5 Å². The van der Waals surface area contributed by atoms with Gasteiger partial charge in [-0.25, -0.2) is 9.78 Å². The molecule has 9 nitrogen and oxygen atoms in total. The number of amides is 2. The summed E-state index contributed by atoms with van der Waals surface area (Å²) in [7, 11) is 0. The van der Waals surface area contributed by atoms with Gasteiger partial charge in [0.2, 0.25) is 0 Å². The maximum atomic E-state index is 12.3. The summed E-state index contributed by atoms with van der Waals surface area (Å²) in [6.45, 7) is -0.387. The number of carbonyl (C=O) groups is 2. The highest BCUT2D eigenvalue weighted by atomic mass is 16.2. The van der Waals surface area contributed by atoms with Crippen molar-refractivity contribution in [2.75, 3.05) is 0 Å². The number of fused-ring (bicyclic) bond motifs is 2. The van der Waals surface area contributed by atoms with E-state index in [4.69, 9.17) is 0 Å². The van der Waals surface area contributed by atoms with Gasteiger partial charge in [0.1, 0.15) is 12.2 Å². The summed E-state index contributed by atoms with van der Waals surface area (Å²) < 4.78 is 1.12. The van der Waals surface area contributed by atoms with Crippen molar-refractivity contribution in [2.45, 2.75) is 6.54 Å². The summed E-state index contributed by atoms with van der Waals surface area (Å²) in [4.78, 5) is 54.9. The van der Waals surface area contributed by atoms with Crippen molar-refractivity contribution in [3.63, 3.8) is 0 Å².